The van der Waals surface area contributed by atoms with Gasteiger partial charge in [-0.05, 0) is 80.6 Å². The van der Waals surface area contributed by atoms with Crippen LogP contribution < -0.4 is 5.32 Å². The second-order valence-corrected chi connectivity index (χ2v) is 9.29. The molecule has 7 heteroatoms. The lowest BCUT2D eigenvalue weighted by Gasteiger charge is -2.36. The zero-order valence-corrected chi connectivity index (χ0v) is 20.5. The first-order chi connectivity index (χ1) is 17.5. The van der Waals surface area contributed by atoms with E-state index in [-0.39, 0.29) is 17.9 Å². The molecule has 1 saturated heterocycles. The number of hydrogen-bond donors (Lipinski definition) is 1. The molecular formula is C29H29N5O2. The predicted octanol–water partition coefficient (Wildman–Crippen LogP) is 5.50. The minimum absolute atomic E-state index is 0.0250. The molecule has 1 unspecified atom stereocenters. The molecule has 182 valence electrons. The number of benzene rings is 2. The number of aryl methyl sites for hydroxylation is 2. The number of anilines is 1. The van der Waals surface area contributed by atoms with Gasteiger partial charge >= 0.3 is 0 Å². The quantitative estimate of drug-likeness (QED) is 0.410. The third-order valence-corrected chi connectivity index (χ3v) is 6.68. The Bertz CT molecular complexity index is 1380. The van der Waals surface area contributed by atoms with Crippen LogP contribution >= 0.6 is 0 Å². The molecule has 0 saturated carbocycles. The number of nitrogens with zero attached hydrogens (tertiary/aromatic N) is 4. The highest BCUT2D eigenvalue weighted by atomic mass is 16.2. The van der Waals surface area contributed by atoms with Gasteiger partial charge < -0.3 is 10.2 Å². The highest BCUT2D eigenvalue weighted by Gasteiger charge is 2.28. The van der Waals surface area contributed by atoms with E-state index >= 15 is 0 Å². The molecule has 1 aliphatic heterocycles. The van der Waals surface area contributed by atoms with Crippen molar-refractivity contribution in [3.05, 3.63) is 107 Å². The number of amides is 2. The van der Waals surface area contributed by atoms with E-state index in [1.807, 2.05) is 79.5 Å². The van der Waals surface area contributed by atoms with Crippen LogP contribution in [0.15, 0.2) is 79.4 Å². The van der Waals surface area contributed by atoms with Gasteiger partial charge in [0.15, 0.2) is 0 Å². The molecule has 3 heterocycles. The van der Waals surface area contributed by atoms with E-state index in [0.717, 1.165) is 48.2 Å². The highest BCUT2D eigenvalue weighted by molar-refractivity contribution is 6.05. The fourth-order valence-electron chi connectivity index (χ4n) is 4.81. The summed E-state index contributed by atoms with van der Waals surface area (Å²) in [5.74, 6) is -0.144. The summed E-state index contributed by atoms with van der Waals surface area (Å²) in [5, 5.41) is 7.30. The van der Waals surface area contributed by atoms with Gasteiger partial charge in [-0.15, -0.1) is 0 Å². The molecule has 1 aliphatic rings. The fourth-order valence-corrected chi connectivity index (χ4v) is 4.81. The smallest absolute Gasteiger partial charge is 0.256 e. The van der Waals surface area contributed by atoms with Crippen molar-refractivity contribution in [2.45, 2.75) is 39.2 Å². The van der Waals surface area contributed by atoms with Gasteiger partial charge in [-0.25, -0.2) is 4.68 Å². The number of carbonyl (C=O) groups excluding carboxylic acids is 2. The molecule has 36 heavy (non-hydrogen) atoms. The Morgan fingerprint density at radius 2 is 1.83 bits per heavy atom. The third kappa shape index (κ3) is 4.91. The second-order valence-electron chi connectivity index (χ2n) is 9.29. The van der Waals surface area contributed by atoms with Crippen molar-refractivity contribution < 1.29 is 9.59 Å². The molecule has 1 atom stereocenters. The summed E-state index contributed by atoms with van der Waals surface area (Å²) in [5.41, 5.74) is 5.82. The van der Waals surface area contributed by atoms with Crippen molar-refractivity contribution in [3.8, 4) is 5.69 Å². The van der Waals surface area contributed by atoms with Crippen molar-refractivity contribution in [2.24, 2.45) is 0 Å². The molecule has 0 bridgehead atoms. The lowest BCUT2D eigenvalue weighted by atomic mass is 9.95. The zero-order valence-electron chi connectivity index (χ0n) is 20.5. The summed E-state index contributed by atoms with van der Waals surface area (Å²) in [7, 11) is 0. The zero-order chi connectivity index (χ0) is 25.1. The van der Waals surface area contributed by atoms with E-state index in [9.17, 15) is 9.59 Å². The standard InChI is InChI=1S/C29H29N5O2/c1-20-8-13-26(21(2)16-20)28(35)32-24-18-31-34(19-24)25-11-9-22(10-12-25)29(36)33-15-4-3-7-27(33)23-6-5-14-30-17-23/h5-6,8-14,16-19,27H,3-4,7,15H2,1-2H3,(H,32,35). The molecule has 1 N–H and O–H groups in total. The van der Waals surface area contributed by atoms with E-state index in [0.29, 0.717) is 16.8 Å². The van der Waals surface area contributed by atoms with Crippen LogP contribution in [0.25, 0.3) is 5.69 Å². The topological polar surface area (TPSA) is 80.1 Å². The maximum atomic E-state index is 13.4. The summed E-state index contributed by atoms with van der Waals surface area (Å²) < 4.78 is 1.69. The van der Waals surface area contributed by atoms with Crippen LogP contribution in [0.1, 0.15) is 62.7 Å². The Kier molecular flexibility index (Phi) is 6.62. The van der Waals surface area contributed by atoms with Crippen LogP contribution in [-0.4, -0.2) is 38.0 Å². The minimum atomic E-state index is -0.169. The van der Waals surface area contributed by atoms with Crippen molar-refractivity contribution in [1.82, 2.24) is 19.7 Å². The van der Waals surface area contributed by atoms with E-state index in [1.165, 1.54) is 0 Å². The van der Waals surface area contributed by atoms with Crippen molar-refractivity contribution >= 4 is 17.5 Å². The summed E-state index contributed by atoms with van der Waals surface area (Å²) in [6, 6.07) is 17.2. The Morgan fingerprint density at radius 3 is 2.58 bits per heavy atom. The molecule has 2 amide bonds. The van der Waals surface area contributed by atoms with Crippen molar-refractivity contribution in [2.75, 3.05) is 11.9 Å². The molecule has 4 aromatic rings. The Balaban J connectivity index is 1.29. The number of rotatable bonds is 5. The van der Waals surface area contributed by atoms with Gasteiger partial charge in [0.25, 0.3) is 11.8 Å². The van der Waals surface area contributed by atoms with E-state index in [4.69, 9.17) is 0 Å². The first-order valence-corrected chi connectivity index (χ1v) is 12.2. The van der Waals surface area contributed by atoms with Crippen LogP contribution in [-0.2, 0) is 0 Å². The van der Waals surface area contributed by atoms with Gasteiger partial charge in [-0.2, -0.15) is 5.10 Å². The first-order valence-electron chi connectivity index (χ1n) is 12.2. The number of aromatic nitrogens is 3. The van der Waals surface area contributed by atoms with E-state index < -0.39 is 0 Å². The summed E-state index contributed by atoms with van der Waals surface area (Å²) in [4.78, 5) is 32.3. The average Bonchev–Trinajstić information content (AvgIpc) is 3.37. The number of hydrogen-bond acceptors (Lipinski definition) is 4. The highest BCUT2D eigenvalue weighted by Crippen LogP contribution is 2.31. The first kappa shape index (κ1) is 23.5. The van der Waals surface area contributed by atoms with Crippen LogP contribution in [0.5, 0.6) is 0 Å². The Hall–Kier alpha value is -4.26. The number of likely N-dealkylation sites (tertiary alicyclic amines) is 1. The van der Waals surface area contributed by atoms with Gasteiger partial charge in [0.1, 0.15) is 0 Å². The molecule has 7 nitrogen and oxygen atoms in total. The van der Waals surface area contributed by atoms with Crippen LogP contribution in [0.4, 0.5) is 5.69 Å². The molecule has 5 rings (SSSR count). The molecule has 0 radical (unpaired) electrons. The summed E-state index contributed by atoms with van der Waals surface area (Å²) >= 11 is 0. The van der Waals surface area contributed by atoms with Gasteiger partial charge in [0.05, 0.1) is 29.8 Å². The maximum Gasteiger partial charge on any atom is 0.256 e. The van der Waals surface area contributed by atoms with Crippen molar-refractivity contribution in [3.63, 3.8) is 0 Å². The van der Waals surface area contributed by atoms with Crippen LogP contribution in [0.3, 0.4) is 0 Å². The molecular weight excluding hydrogens is 450 g/mol. The molecule has 2 aromatic heterocycles. The second kappa shape index (κ2) is 10.2. The van der Waals surface area contributed by atoms with Crippen LogP contribution in [0, 0.1) is 13.8 Å². The van der Waals surface area contributed by atoms with E-state index in [1.54, 1.807) is 23.3 Å². The normalized spacial score (nSPS) is 15.5. The number of pyridine rings is 1. The molecule has 2 aromatic carbocycles. The van der Waals surface area contributed by atoms with Gasteiger partial charge in [-0.3, -0.25) is 14.6 Å². The third-order valence-electron chi connectivity index (χ3n) is 6.68. The lowest BCUT2D eigenvalue weighted by molar-refractivity contribution is 0.0611. The van der Waals surface area contributed by atoms with Gasteiger partial charge in [0, 0.05) is 30.1 Å². The lowest BCUT2D eigenvalue weighted by Crippen LogP contribution is -2.38. The SMILES string of the molecule is Cc1ccc(C(=O)Nc2cnn(-c3ccc(C(=O)N4CCCCC4c4cccnc4)cc3)c2)c(C)c1. The van der Waals surface area contributed by atoms with Crippen molar-refractivity contribution in [1.29, 1.82) is 0 Å². The number of carbonyl (C=O) groups is 2. The predicted molar refractivity (Wildman–Crippen MR) is 139 cm³/mol. The Morgan fingerprint density at radius 1 is 1.00 bits per heavy atom. The average molecular weight is 480 g/mol. The van der Waals surface area contributed by atoms with E-state index in [2.05, 4.69) is 15.4 Å². The monoisotopic (exact) mass is 479 g/mol. The largest absolute Gasteiger partial charge is 0.332 e. The Labute approximate surface area is 210 Å². The maximum absolute atomic E-state index is 13.4. The minimum Gasteiger partial charge on any atom is -0.332 e. The summed E-state index contributed by atoms with van der Waals surface area (Å²) in [6.45, 7) is 4.67. The van der Waals surface area contributed by atoms with Crippen LogP contribution in [0.2, 0.25) is 0 Å². The van der Waals surface area contributed by atoms with Gasteiger partial charge in [-0.1, -0.05) is 23.8 Å². The summed E-state index contributed by atoms with van der Waals surface area (Å²) in [6.07, 6.45) is 10.0. The molecule has 0 spiro atoms. The molecule has 1 fully saturated rings. The number of piperidine rings is 1. The fraction of sp³-hybridized carbons (Fsp3) is 0.241. The molecule has 0 aliphatic carbocycles. The number of nitrogens with one attached hydrogen (secondary N) is 1. The van der Waals surface area contributed by atoms with Gasteiger partial charge in [0.2, 0.25) is 0 Å².